The van der Waals surface area contributed by atoms with E-state index >= 15 is 0 Å². The van der Waals surface area contributed by atoms with Gasteiger partial charge in [-0.05, 0) is 19.1 Å². The number of amides is 2. The van der Waals surface area contributed by atoms with E-state index < -0.39 is 5.91 Å². The fourth-order valence-electron chi connectivity index (χ4n) is 1.97. The topological polar surface area (TPSA) is 103 Å². The number of aryl methyl sites for hydroxylation is 1. The molecular weight excluding hydrogens is 358 g/mol. The second kappa shape index (κ2) is 9.28. The van der Waals surface area contributed by atoms with Crippen LogP contribution in [0.3, 0.4) is 0 Å². The van der Waals surface area contributed by atoms with Crippen LogP contribution in [0.1, 0.15) is 5.82 Å². The molecule has 0 aliphatic rings. The lowest BCUT2D eigenvalue weighted by Crippen LogP contribution is -2.16. The Labute approximate surface area is 154 Å². The molecule has 1 aromatic heterocycles. The normalized spacial score (nSPS) is 10.4. The number of allylic oxidation sites excluding steroid dienone is 1. The van der Waals surface area contributed by atoms with Crippen molar-refractivity contribution in [1.82, 2.24) is 14.8 Å². The molecule has 9 heteroatoms. The predicted octanol–water partition coefficient (Wildman–Crippen LogP) is 2.08. The van der Waals surface area contributed by atoms with Crippen molar-refractivity contribution in [2.24, 2.45) is 5.73 Å². The first-order valence-corrected chi connectivity index (χ1v) is 9.42. The van der Waals surface area contributed by atoms with Crippen LogP contribution < -0.4 is 11.1 Å². The summed E-state index contributed by atoms with van der Waals surface area (Å²) in [5, 5.41) is 11.6. The molecule has 0 spiro atoms. The van der Waals surface area contributed by atoms with Gasteiger partial charge in [-0.2, -0.15) is 0 Å². The van der Waals surface area contributed by atoms with Crippen LogP contribution >= 0.6 is 23.5 Å². The molecule has 1 heterocycles. The highest BCUT2D eigenvalue weighted by Gasteiger charge is 2.12. The van der Waals surface area contributed by atoms with E-state index in [0.29, 0.717) is 17.4 Å². The molecule has 0 fully saturated rings. The van der Waals surface area contributed by atoms with Crippen molar-refractivity contribution in [1.29, 1.82) is 0 Å². The van der Waals surface area contributed by atoms with Gasteiger partial charge < -0.3 is 15.6 Å². The maximum atomic E-state index is 12.2. The van der Waals surface area contributed by atoms with Gasteiger partial charge in [0, 0.05) is 11.4 Å². The van der Waals surface area contributed by atoms with Crippen LogP contribution in [0, 0.1) is 6.92 Å². The number of nitrogens with zero attached hydrogens (tertiary/aromatic N) is 3. The minimum absolute atomic E-state index is 0.158. The van der Waals surface area contributed by atoms with Gasteiger partial charge in [-0.15, -0.1) is 28.5 Å². The van der Waals surface area contributed by atoms with Crippen molar-refractivity contribution in [3.05, 3.63) is 42.7 Å². The number of thioether (sulfide) groups is 2. The summed E-state index contributed by atoms with van der Waals surface area (Å²) in [6.07, 6.45) is 1.76. The van der Waals surface area contributed by atoms with Crippen LogP contribution in [0.4, 0.5) is 5.69 Å². The summed E-state index contributed by atoms with van der Waals surface area (Å²) in [4.78, 5) is 24.0. The molecule has 0 radical (unpaired) electrons. The molecule has 0 aliphatic heterocycles. The van der Waals surface area contributed by atoms with Gasteiger partial charge in [0.25, 0.3) is 0 Å². The number of primary amides is 1. The molecule has 2 amide bonds. The summed E-state index contributed by atoms with van der Waals surface area (Å²) in [5.74, 6) is 0.563. The summed E-state index contributed by atoms with van der Waals surface area (Å²) in [7, 11) is 0. The van der Waals surface area contributed by atoms with E-state index in [2.05, 4.69) is 22.1 Å². The monoisotopic (exact) mass is 377 g/mol. The Balaban J connectivity index is 1.97. The van der Waals surface area contributed by atoms with Crippen LogP contribution in [0.25, 0.3) is 0 Å². The number of aromatic nitrogens is 3. The largest absolute Gasteiger partial charge is 0.369 e. The molecule has 0 atom stereocenters. The summed E-state index contributed by atoms with van der Waals surface area (Å²) in [5.41, 5.74) is 5.83. The van der Waals surface area contributed by atoms with E-state index in [4.69, 9.17) is 5.73 Å². The first-order valence-electron chi connectivity index (χ1n) is 7.44. The van der Waals surface area contributed by atoms with Crippen LogP contribution in [-0.4, -0.2) is 38.1 Å². The van der Waals surface area contributed by atoms with E-state index in [9.17, 15) is 9.59 Å². The number of nitrogens with two attached hydrogens (primary N) is 1. The van der Waals surface area contributed by atoms with Gasteiger partial charge in [-0.25, -0.2) is 0 Å². The Morgan fingerprint density at radius 3 is 2.76 bits per heavy atom. The lowest BCUT2D eigenvalue weighted by atomic mass is 10.3. The van der Waals surface area contributed by atoms with Gasteiger partial charge in [0.1, 0.15) is 5.82 Å². The third kappa shape index (κ3) is 5.64. The second-order valence-electron chi connectivity index (χ2n) is 5.02. The van der Waals surface area contributed by atoms with Gasteiger partial charge >= 0.3 is 0 Å². The number of nitrogens with one attached hydrogen (secondary N) is 1. The third-order valence-corrected chi connectivity index (χ3v) is 5.14. The van der Waals surface area contributed by atoms with E-state index in [1.807, 2.05) is 29.7 Å². The maximum Gasteiger partial charge on any atom is 0.234 e. The molecule has 132 valence electrons. The molecule has 7 nitrogen and oxygen atoms in total. The smallest absolute Gasteiger partial charge is 0.234 e. The molecule has 0 aliphatic carbocycles. The number of hydrogen-bond acceptors (Lipinski definition) is 6. The van der Waals surface area contributed by atoms with Gasteiger partial charge in [0.2, 0.25) is 11.8 Å². The highest BCUT2D eigenvalue weighted by molar-refractivity contribution is 8.00. The molecule has 0 bridgehead atoms. The van der Waals surface area contributed by atoms with Gasteiger partial charge in [-0.3, -0.25) is 9.59 Å². The van der Waals surface area contributed by atoms with Crippen LogP contribution in [0.2, 0.25) is 0 Å². The van der Waals surface area contributed by atoms with Crippen LogP contribution in [0.15, 0.2) is 47.0 Å². The summed E-state index contributed by atoms with van der Waals surface area (Å²) >= 11 is 2.60. The number of benzene rings is 1. The first kappa shape index (κ1) is 19.1. The van der Waals surface area contributed by atoms with E-state index in [0.717, 1.165) is 10.7 Å². The van der Waals surface area contributed by atoms with Crippen molar-refractivity contribution in [2.75, 3.05) is 16.8 Å². The van der Waals surface area contributed by atoms with Crippen molar-refractivity contribution < 1.29 is 9.59 Å². The highest BCUT2D eigenvalue weighted by Crippen LogP contribution is 2.27. The van der Waals surface area contributed by atoms with Crippen molar-refractivity contribution in [2.45, 2.75) is 23.5 Å². The van der Waals surface area contributed by atoms with Crippen molar-refractivity contribution in [3.8, 4) is 0 Å². The Bertz CT molecular complexity index is 776. The van der Waals surface area contributed by atoms with Gasteiger partial charge in [0.05, 0.1) is 17.2 Å². The second-order valence-corrected chi connectivity index (χ2v) is 6.98. The van der Waals surface area contributed by atoms with Crippen molar-refractivity contribution >= 4 is 41.0 Å². The zero-order valence-electron chi connectivity index (χ0n) is 13.8. The molecule has 2 rings (SSSR count). The van der Waals surface area contributed by atoms with Crippen molar-refractivity contribution in [3.63, 3.8) is 0 Å². The lowest BCUT2D eigenvalue weighted by Gasteiger charge is -2.10. The van der Waals surface area contributed by atoms with E-state index in [-0.39, 0.29) is 17.4 Å². The quantitative estimate of drug-likeness (QED) is 0.512. The zero-order chi connectivity index (χ0) is 18.2. The molecule has 0 unspecified atom stereocenters. The molecule has 2 aromatic rings. The number of rotatable bonds is 9. The van der Waals surface area contributed by atoms with Crippen LogP contribution in [0.5, 0.6) is 0 Å². The molecule has 0 saturated carbocycles. The number of carbonyl (C=O) groups is 2. The third-order valence-electron chi connectivity index (χ3n) is 3.08. The molecule has 3 N–H and O–H groups in total. The van der Waals surface area contributed by atoms with Gasteiger partial charge in [-0.1, -0.05) is 30.0 Å². The average molecular weight is 377 g/mol. The number of carbonyl (C=O) groups excluding carboxylic acids is 2. The lowest BCUT2D eigenvalue weighted by molar-refractivity contribution is -0.115. The summed E-state index contributed by atoms with van der Waals surface area (Å²) in [6, 6.07) is 7.28. The van der Waals surface area contributed by atoms with Gasteiger partial charge in [0.15, 0.2) is 5.16 Å². The molecular formula is C16H19N5O2S2. The molecule has 1 aromatic carbocycles. The average Bonchev–Trinajstić information content (AvgIpc) is 2.93. The predicted molar refractivity (Wildman–Crippen MR) is 101 cm³/mol. The summed E-state index contributed by atoms with van der Waals surface area (Å²) in [6.45, 7) is 6.15. The molecule has 0 saturated heterocycles. The minimum Gasteiger partial charge on any atom is -0.369 e. The first-order chi connectivity index (χ1) is 12.0. The van der Waals surface area contributed by atoms with E-state index in [1.165, 1.54) is 23.5 Å². The number of para-hydroxylation sites is 1. The Hall–Kier alpha value is -2.26. The highest BCUT2D eigenvalue weighted by atomic mass is 32.2. The summed E-state index contributed by atoms with van der Waals surface area (Å²) < 4.78 is 1.89. The fraction of sp³-hybridized carbons (Fsp3) is 0.250. The van der Waals surface area contributed by atoms with E-state index in [1.54, 1.807) is 12.1 Å². The fourth-order valence-corrected chi connectivity index (χ4v) is 3.51. The Morgan fingerprint density at radius 1 is 1.28 bits per heavy atom. The van der Waals surface area contributed by atoms with Crippen LogP contribution in [-0.2, 0) is 16.1 Å². The SMILES string of the molecule is C=CCn1c(C)nnc1SCC(=O)Nc1ccccc1SCC(N)=O. The Morgan fingerprint density at radius 2 is 2.04 bits per heavy atom. The number of anilines is 1. The Kier molecular flexibility index (Phi) is 7.08. The maximum absolute atomic E-state index is 12.2. The number of hydrogen-bond donors (Lipinski definition) is 2. The minimum atomic E-state index is -0.404. The zero-order valence-corrected chi connectivity index (χ0v) is 15.4. The standard InChI is InChI=1S/C16H19N5O2S2/c1-3-8-21-11(2)19-20-16(21)25-10-15(23)18-12-6-4-5-7-13(12)24-9-14(17)22/h3-7H,1,8-10H2,2H3,(H2,17,22)(H,18,23). The molecule has 25 heavy (non-hydrogen) atoms.